The third kappa shape index (κ3) is 4.24. The fraction of sp³-hybridized carbons (Fsp3) is 0. The van der Waals surface area contributed by atoms with E-state index < -0.39 is 0 Å². The van der Waals surface area contributed by atoms with Crippen molar-refractivity contribution in [3.63, 3.8) is 0 Å². The van der Waals surface area contributed by atoms with Crippen LogP contribution in [0.15, 0.2) is 158 Å². The average Bonchev–Trinajstić information content (AvgIpc) is 3.67. The van der Waals surface area contributed by atoms with Crippen LogP contribution in [0, 0.1) is 11.3 Å². The van der Waals surface area contributed by atoms with Gasteiger partial charge in [0, 0.05) is 36.6 Å². The summed E-state index contributed by atoms with van der Waals surface area (Å²) in [6, 6.07) is 58.6. The molecular formula is C43H26N2S. The summed E-state index contributed by atoms with van der Waals surface area (Å²) >= 11 is 1.85. The molecule has 0 radical (unpaired) electrons. The van der Waals surface area contributed by atoms with Crippen molar-refractivity contribution in [1.82, 2.24) is 4.57 Å². The molecule has 9 rings (SSSR count). The zero-order valence-electron chi connectivity index (χ0n) is 24.8. The summed E-state index contributed by atoms with van der Waals surface area (Å²) in [5, 5.41) is 14.5. The lowest BCUT2D eigenvalue weighted by Gasteiger charge is -2.16. The molecule has 0 aliphatic heterocycles. The van der Waals surface area contributed by atoms with E-state index in [9.17, 15) is 5.26 Å². The van der Waals surface area contributed by atoms with E-state index in [-0.39, 0.29) is 0 Å². The van der Waals surface area contributed by atoms with Crippen LogP contribution >= 0.6 is 11.3 Å². The van der Waals surface area contributed by atoms with Gasteiger partial charge < -0.3 is 4.57 Å². The lowest BCUT2D eigenvalue weighted by molar-refractivity contribution is 1.18. The number of hydrogen-bond acceptors (Lipinski definition) is 2. The first-order valence-electron chi connectivity index (χ1n) is 15.4. The van der Waals surface area contributed by atoms with Gasteiger partial charge in [-0.2, -0.15) is 5.26 Å². The average molecular weight is 603 g/mol. The van der Waals surface area contributed by atoms with E-state index in [1.807, 2.05) is 35.6 Å². The molecule has 46 heavy (non-hydrogen) atoms. The van der Waals surface area contributed by atoms with Gasteiger partial charge in [-0.3, -0.25) is 0 Å². The molecule has 0 unspecified atom stereocenters. The molecule has 0 amide bonds. The lowest BCUT2D eigenvalue weighted by Crippen LogP contribution is -1.96. The Balaban J connectivity index is 1.33. The standard InChI is InChI=1S/C43H26N2S/c44-27-28-17-19-29(20-18-28)34-9-1-2-10-35(34)32-23-31(30-21-22-43-39(26-30)38-13-5-8-16-42(38)46-43)24-33(25-32)45-40-14-6-3-11-36(40)37-12-4-7-15-41(37)45/h1-26H. The van der Waals surface area contributed by atoms with Crippen molar-refractivity contribution >= 4 is 53.3 Å². The zero-order valence-corrected chi connectivity index (χ0v) is 25.6. The summed E-state index contributed by atoms with van der Waals surface area (Å²) in [6.45, 7) is 0. The van der Waals surface area contributed by atoms with Gasteiger partial charge in [-0.05, 0) is 94.0 Å². The molecule has 0 fully saturated rings. The first-order valence-corrected chi connectivity index (χ1v) is 16.2. The van der Waals surface area contributed by atoms with Crippen LogP contribution in [0.4, 0.5) is 0 Å². The van der Waals surface area contributed by atoms with Gasteiger partial charge in [0.2, 0.25) is 0 Å². The molecular weight excluding hydrogens is 577 g/mol. The fourth-order valence-corrected chi connectivity index (χ4v) is 7.97. The van der Waals surface area contributed by atoms with E-state index in [1.165, 1.54) is 53.1 Å². The van der Waals surface area contributed by atoms with Crippen LogP contribution in [0.1, 0.15) is 5.56 Å². The Bertz CT molecular complexity index is 2600. The number of fused-ring (bicyclic) bond motifs is 6. The number of rotatable bonds is 4. The van der Waals surface area contributed by atoms with E-state index in [2.05, 4.69) is 144 Å². The number of aromatic nitrogens is 1. The number of hydrogen-bond donors (Lipinski definition) is 0. The van der Waals surface area contributed by atoms with Crippen molar-refractivity contribution in [2.75, 3.05) is 0 Å². The molecule has 0 saturated heterocycles. The maximum absolute atomic E-state index is 9.40. The van der Waals surface area contributed by atoms with E-state index in [4.69, 9.17) is 0 Å². The van der Waals surface area contributed by atoms with Crippen molar-refractivity contribution in [3.8, 4) is 45.1 Å². The molecule has 214 valence electrons. The highest BCUT2D eigenvalue weighted by atomic mass is 32.1. The number of benzene rings is 7. The number of thiophene rings is 1. The highest BCUT2D eigenvalue weighted by Gasteiger charge is 2.16. The maximum atomic E-state index is 9.40. The SMILES string of the molecule is N#Cc1ccc(-c2ccccc2-c2cc(-c3ccc4sc5ccccc5c4c3)cc(-n3c4ccccc4c4ccccc43)c2)cc1. The third-order valence-electron chi connectivity index (χ3n) is 9.03. The molecule has 2 nitrogen and oxygen atoms in total. The van der Waals surface area contributed by atoms with Crippen molar-refractivity contribution in [2.24, 2.45) is 0 Å². The van der Waals surface area contributed by atoms with E-state index in [1.54, 1.807) is 0 Å². The molecule has 0 saturated carbocycles. The molecule has 7 aromatic carbocycles. The topological polar surface area (TPSA) is 28.7 Å². The van der Waals surface area contributed by atoms with Crippen LogP contribution in [0.2, 0.25) is 0 Å². The third-order valence-corrected chi connectivity index (χ3v) is 10.2. The first-order chi connectivity index (χ1) is 22.7. The minimum Gasteiger partial charge on any atom is -0.309 e. The second-order valence-corrected chi connectivity index (χ2v) is 12.8. The summed E-state index contributed by atoms with van der Waals surface area (Å²) in [5.41, 5.74) is 11.0. The Labute approximate surface area is 270 Å². The Hall–Kier alpha value is -5.95. The molecule has 0 spiro atoms. The van der Waals surface area contributed by atoms with Crippen LogP contribution in [0.25, 0.3) is 81.0 Å². The van der Waals surface area contributed by atoms with Gasteiger partial charge in [0.25, 0.3) is 0 Å². The van der Waals surface area contributed by atoms with E-state index >= 15 is 0 Å². The molecule has 9 aromatic rings. The summed E-state index contributed by atoms with van der Waals surface area (Å²) in [6.07, 6.45) is 0. The summed E-state index contributed by atoms with van der Waals surface area (Å²) in [7, 11) is 0. The van der Waals surface area contributed by atoms with Gasteiger partial charge in [0.05, 0.1) is 22.7 Å². The summed E-state index contributed by atoms with van der Waals surface area (Å²) in [5.74, 6) is 0. The van der Waals surface area contributed by atoms with Gasteiger partial charge in [-0.25, -0.2) is 0 Å². The van der Waals surface area contributed by atoms with Crippen LogP contribution in [0.5, 0.6) is 0 Å². The molecule has 2 aromatic heterocycles. The second kappa shape index (κ2) is 10.6. The molecule has 3 heteroatoms. The first kappa shape index (κ1) is 26.5. The van der Waals surface area contributed by atoms with Crippen LogP contribution in [0.3, 0.4) is 0 Å². The smallest absolute Gasteiger partial charge is 0.0991 e. The minimum absolute atomic E-state index is 0.660. The quantitative estimate of drug-likeness (QED) is 0.197. The monoisotopic (exact) mass is 602 g/mol. The molecule has 0 aliphatic rings. The van der Waals surface area contributed by atoms with E-state index in [0.29, 0.717) is 5.56 Å². The van der Waals surface area contributed by atoms with Gasteiger partial charge in [-0.1, -0.05) is 97.1 Å². The highest BCUT2D eigenvalue weighted by Crippen LogP contribution is 2.41. The molecule has 0 aliphatic carbocycles. The van der Waals surface area contributed by atoms with Crippen LogP contribution < -0.4 is 0 Å². The Morgan fingerprint density at radius 1 is 0.435 bits per heavy atom. The van der Waals surface area contributed by atoms with Gasteiger partial charge in [0.1, 0.15) is 0 Å². The number of para-hydroxylation sites is 2. The fourth-order valence-electron chi connectivity index (χ4n) is 6.88. The van der Waals surface area contributed by atoms with Crippen LogP contribution in [-0.4, -0.2) is 4.57 Å². The minimum atomic E-state index is 0.660. The molecule has 0 N–H and O–H groups in total. The number of nitriles is 1. The second-order valence-electron chi connectivity index (χ2n) is 11.7. The lowest BCUT2D eigenvalue weighted by atomic mass is 9.91. The molecule has 2 heterocycles. The number of nitrogens with zero attached hydrogens (tertiary/aromatic N) is 2. The van der Waals surface area contributed by atoms with Gasteiger partial charge in [0.15, 0.2) is 0 Å². The Morgan fingerprint density at radius 2 is 1.00 bits per heavy atom. The van der Waals surface area contributed by atoms with Crippen molar-refractivity contribution in [3.05, 3.63) is 163 Å². The molecule has 0 bridgehead atoms. The van der Waals surface area contributed by atoms with E-state index in [0.717, 1.165) is 27.9 Å². The maximum Gasteiger partial charge on any atom is 0.0991 e. The Kier molecular flexibility index (Phi) is 6.09. The highest BCUT2D eigenvalue weighted by molar-refractivity contribution is 7.25. The normalized spacial score (nSPS) is 11.5. The predicted octanol–water partition coefficient (Wildman–Crippen LogP) is 12.0. The van der Waals surface area contributed by atoms with Crippen LogP contribution in [-0.2, 0) is 0 Å². The van der Waals surface area contributed by atoms with Gasteiger partial charge in [-0.15, -0.1) is 11.3 Å². The predicted molar refractivity (Wildman–Crippen MR) is 195 cm³/mol. The molecule has 0 atom stereocenters. The Morgan fingerprint density at radius 3 is 1.72 bits per heavy atom. The van der Waals surface area contributed by atoms with Gasteiger partial charge >= 0.3 is 0 Å². The summed E-state index contributed by atoms with van der Waals surface area (Å²) < 4.78 is 5.01. The largest absolute Gasteiger partial charge is 0.309 e. The van der Waals surface area contributed by atoms with Crippen molar-refractivity contribution < 1.29 is 0 Å². The van der Waals surface area contributed by atoms with Crippen molar-refractivity contribution in [1.29, 1.82) is 5.26 Å². The zero-order chi connectivity index (χ0) is 30.6. The van der Waals surface area contributed by atoms with Crippen molar-refractivity contribution in [2.45, 2.75) is 0 Å². The summed E-state index contributed by atoms with van der Waals surface area (Å²) in [4.78, 5) is 0.